The van der Waals surface area contributed by atoms with Gasteiger partial charge in [0.1, 0.15) is 11.3 Å². The zero-order valence-electron chi connectivity index (χ0n) is 18.9. The summed E-state index contributed by atoms with van der Waals surface area (Å²) >= 11 is 7.95. The van der Waals surface area contributed by atoms with Crippen LogP contribution in [-0.4, -0.2) is 49.3 Å². The van der Waals surface area contributed by atoms with E-state index in [1.54, 1.807) is 21.7 Å². The second-order valence-corrected chi connectivity index (χ2v) is 10.7. The summed E-state index contributed by atoms with van der Waals surface area (Å²) in [7, 11) is 0. The van der Waals surface area contributed by atoms with Gasteiger partial charge in [-0.05, 0) is 52.9 Å². The van der Waals surface area contributed by atoms with Crippen molar-refractivity contribution in [1.29, 1.82) is 0 Å². The number of amides is 2. The molecule has 0 saturated carbocycles. The van der Waals surface area contributed by atoms with Gasteiger partial charge in [-0.25, -0.2) is 9.44 Å². The minimum Gasteiger partial charge on any atom is -0.383 e. The maximum Gasteiger partial charge on any atom is 0.314 e. The van der Waals surface area contributed by atoms with E-state index in [0.29, 0.717) is 52.8 Å². The van der Waals surface area contributed by atoms with E-state index in [1.807, 2.05) is 30.3 Å². The second-order valence-electron chi connectivity index (χ2n) is 8.26. The van der Waals surface area contributed by atoms with E-state index in [2.05, 4.69) is 49.3 Å². The molecule has 9 nitrogen and oxygen atoms in total. The highest BCUT2D eigenvalue weighted by Gasteiger charge is 2.27. The van der Waals surface area contributed by atoms with Crippen LogP contribution in [0.4, 0.5) is 11.5 Å². The lowest BCUT2D eigenvalue weighted by molar-refractivity contribution is -0.144. The Labute approximate surface area is 222 Å². The third-order valence-electron chi connectivity index (χ3n) is 5.66. The molecule has 2 atom stereocenters. The number of hydrogen-bond donors (Lipinski definition) is 2. The number of piperidine rings is 1. The number of fused-ring (bicyclic) bond motifs is 2. The molecular formula is C23H24ClIN7O2P. The maximum absolute atomic E-state index is 12.4. The summed E-state index contributed by atoms with van der Waals surface area (Å²) < 4.78 is 1.73. The van der Waals surface area contributed by atoms with Gasteiger partial charge in [0.15, 0.2) is 0 Å². The Morgan fingerprint density at radius 2 is 2.03 bits per heavy atom. The zero-order valence-corrected chi connectivity index (χ0v) is 22.8. The quantitative estimate of drug-likeness (QED) is 0.187. The lowest BCUT2D eigenvalue weighted by Crippen LogP contribution is -2.44. The number of para-hydroxylation sites is 1. The molecule has 1 aromatic carbocycles. The maximum atomic E-state index is 12.4. The lowest BCUT2D eigenvalue weighted by Gasteiger charge is -2.30. The van der Waals surface area contributed by atoms with Crippen LogP contribution in [0.5, 0.6) is 0 Å². The molecule has 1 aliphatic heterocycles. The van der Waals surface area contributed by atoms with Crippen molar-refractivity contribution in [2.24, 2.45) is 5.92 Å². The summed E-state index contributed by atoms with van der Waals surface area (Å²) in [5.74, 6) is -0.391. The summed E-state index contributed by atoms with van der Waals surface area (Å²) in [4.78, 5) is 34.6. The second kappa shape index (κ2) is 11.5. The fourth-order valence-electron chi connectivity index (χ4n) is 3.95. The van der Waals surface area contributed by atoms with Crippen molar-refractivity contribution < 1.29 is 9.59 Å². The Bertz CT molecular complexity index is 1380. The minimum absolute atomic E-state index is 0.339. The predicted molar refractivity (Wildman–Crippen MR) is 150 cm³/mol. The van der Waals surface area contributed by atoms with Crippen molar-refractivity contribution in [2.75, 3.05) is 24.1 Å². The monoisotopic (exact) mass is 623 g/mol. The minimum atomic E-state index is -0.651. The normalized spacial score (nSPS) is 15.9. The van der Waals surface area contributed by atoms with E-state index in [0.717, 1.165) is 23.7 Å². The van der Waals surface area contributed by atoms with Gasteiger partial charge in [0.25, 0.3) is 0 Å². The molecule has 0 bridgehead atoms. The molecule has 2 amide bonds. The summed E-state index contributed by atoms with van der Waals surface area (Å²) in [6.07, 6.45) is 7.10. The van der Waals surface area contributed by atoms with Crippen molar-refractivity contribution in [2.45, 2.75) is 19.8 Å². The number of hydrogen-bond acceptors (Lipinski definition) is 6. The van der Waals surface area contributed by atoms with Crippen LogP contribution in [0.25, 0.3) is 21.8 Å². The first-order chi connectivity index (χ1) is 16.9. The molecule has 2 unspecified atom stereocenters. The Morgan fingerprint density at radius 3 is 2.80 bits per heavy atom. The SMILES string of the molecule is CC1CCCN(C(=O)C(=O)Nc2cnc(N)c3cnn(PI)c23)C1.Clc1cnc2ccccc2c1. The molecule has 3 aromatic heterocycles. The lowest BCUT2D eigenvalue weighted by atomic mass is 10.0. The number of carbonyl (C=O) groups is 2. The molecule has 1 aliphatic rings. The number of nitrogens with one attached hydrogen (secondary N) is 1. The van der Waals surface area contributed by atoms with Gasteiger partial charge in [0, 0.05) is 24.7 Å². The standard InChI is InChI=1S/C14H18IN6O2P.C9H6ClN/c1-8-3-2-4-20(7-8)14(23)13(22)19-10-6-17-12(16)9-5-18-21(24-15)11(9)10;10-8-5-7-3-1-2-4-9(7)11-6-8/h5-6,8,24H,2-4,7H2,1H3,(H2,16,17)(H,19,22);1-6H. The largest absolute Gasteiger partial charge is 0.383 e. The van der Waals surface area contributed by atoms with Gasteiger partial charge in [0.05, 0.1) is 40.4 Å². The van der Waals surface area contributed by atoms with Gasteiger partial charge in [-0.2, -0.15) is 5.10 Å². The van der Waals surface area contributed by atoms with Gasteiger partial charge in [-0.1, -0.05) is 36.7 Å². The van der Waals surface area contributed by atoms with Crippen LogP contribution in [0, 0.1) is 5.92 Å². The molecule has 0 aliphatic carbocycles. The Balaban J connectivity index is 0.000000218. The highest BCUT2D eigenvalue weighted by atomic mass is 127. The number of likely N-dealkylation sites (tertiary alicyclic amines) is 1. The van der Waals surface area contributed by atoms with Crippen molar-refractivity contribution in [1.82, 2.24) is 24.4 Å². The van der Waals surface area contributed by atoms with Crippen LogP contribution in [0.15, 0.2) is 48.9 Å². The third-order valence-corrected chi connectivity index (χ3v) is 7.73. The Hall–Kier alpha value is -2.56. The Morgan fingerprint density at radius 1 is 1.23 bits per heavy atom. The number of aromatic nitrogens is 4. The predicted octanol–water partition coefficient (Wildman–Crippen LogP) is 4.89. The van der Waals surface area contributed by atoms with Gasteiger partial charge < -0.3 is 16.0 Å². The molecule has 4 heterocycles. The number of benzene rings is 1. The Kier molecular flexibility index (Phi) is 8.35. The first-order valence-corrected chi connectivity index (χ1v) is 15.4. The molecule has 0 spiro atoms. The van der Waals surface area contributed by atoms with Gasteiger partial charge in [-0.15, -0.1) is 0 Å². The van der Waals surface area contributed by atoms with E-state index in [4.69, 9.17) is 17.3 Å². The molecule has 1 saturated heterocycles. The average molecular weight is 624 g/mol. The summed E-state index contributed by atoms with van der Waals surface area (Å²) in [6.45, 7) is 3.33. The number of halogens is 2. The van der Waals surface area contributed by atoms with E-state index in [-0.39, 0.29) is 0 Å². The fraction of sp³-hybridized carbons (Fsp3) is 0.261. The molecular weight excluding hydrogens is 600 g/mol. The van der Waals surface area contributed by atoms with Crippen LogP contribution in [-0.2, 0) is 9.59 Å². The van der Waals surface area contributed by atoms with E-state index in [9.17, 15) is 9.59 Å². The van der Waals surface area contributed by atoms with E-state index in [1.165, 1.54) is 6.20 Å². The first kappa shape index (κ1) is 25.5. The zero-order chi connectivity index (χ0) is 24.9. The van der Waals surface area contributed by atoms with Gasteiger partial charge in [-0.3, -0.25) is 14.6 Å². The average Bonchev–Trinajstić information content (AvgIpc) is 3.31. The number of nitrogen functional groups attached to an aromatic ring is 1. The molecule has 182 valence electrons. The number of rotatable bonds is 2. The van der Waals surface area contributed by atoms with Crippen molar-refractivity contribution in [3.63, 3.8) is 0 Å². The molecule has 35 heavy (non-hydrogen) atoms. The number of anilines is 2. The highest BCUT2D eigenvalue weighted by Crippen LogP contribution is 2.34. The molecule has 1 fully saturated rings. The number of carbonyl (C=O) groups excluding carboxylic acids is 2. The highest BCUT2D eigenvalue weighted by molar-refractivity contribution is 14.2. The smallest absolute Gasteiger partial charge is 0.314 e. The topological polar surface area (TPSA) is 119 Å². The van der Waals surface area contributed by atoms with E-state index >= 15 is 0 Å². The molecule has 12 heteroatoms. The van der Waals surface area contributed by atoms with Crippen molar-refractivity contribution in [3.05, 3.63) is 53.9 Å². The third kappa shape index (κ3) is 5.99. The van der Waals surface area contributed by atoms with E-state index < -0.39 is 11.8 Å². The molecule has 3 N–H and O–H groups in total. The van der Waals surface area contributed by atoms with Crippen LogP contribution >= 0.6 is 40.0 Å². The molecule has 0 radical (unpaired) electrons. The molecule has 5 rings (SSSR count). The summed E-state index contributed by atoms with van der Waals surface area (Å²) in [5.41, 5.74) is 7.98. The van der Waals surface area contributed by atoms with Gasteiger partial charge >= 0.3 is 11.8 Å². The first-order valence-electron chi connectivity index (χ1n) is 11.0. The van der Waals surface area contributed by atoms with Crippen LogP contribution in [0.1, 0.15) is 19.8 Å². The van der Waals surface area contributed by atoms with Crippen LogP contribution in [0.2, 0.25) is 5.02 Å². The van der Waals surface area contributed by atoms with Crippen LogP contribution < -0.4 is 11.1 Å². The van der Waals surface area contributed by atoms with Gasteiger partial charge in [0.2, 0.25) is 0 Å². The van der Waals surface area contributed by atoms with Crippen molar-refractivity contribution >= 4 is 85.1 Å². The number of nitrogens with two attached hydrogens (primary N) is 1. The summed E-state index contributed by atoms with van der Waals surface area (Å²) in [6, 6.07) is 9.80. The number of pyridine rings is 2. The van der Waals surface area contributed by atoms with Crippen LogP contribution in [0.3, 0.4) is 0 Å². The fourth-order valence-corrected chi connectivity index (χ4v) is 5.64. The summed E-state index contributed by atoms with van der Waals surface area (Å²) in [5, 5.41) is 9.35. The number of nitrogens with zero attached hydrogens (tertiary/aromatic N) is 5. The van der Waals surface area contributed by atoms with Crippen molar-refractivity contribution in [3.8, 4) is 0 Å². The molecule has 4 aromatic rings.